The van der Waals surface area contributed by atoms with E-state index in [1.54, 1.807) is 25.1 Å². The first-order valence-corrected chi connectivity index (χ1v) is 10.7. The van der Waals surface area contributed by atoms with Gasteiger partial charge in [0.15, 0.2) is 10.8 Å². The zero-order chi connectivity index (χ0) is 23.7. The second-order valence-electron chi connectivity index (χ2n) is 7.14. The number of carbonyl (C=O) groups excluding carboxylic acids is 2. The van der Waals surface area contributed by atoms with E-state index >= 15 is 0 Å². The first-order chi connectivity index (χ1) is 15.7. The van der Waals surface area contributed by atoms with Crippen molar-refractivity contribution in [3.8, 4) is 0 Å². The quantitative estimate of drug-likeness (QED) is 0.196. The highest BCUT2D eigenvalue weighted by molar-refractivity contribution is 7.98. The fourth-order valence-corrected chi connectivity index (χ4v) is 4.21. The van der Waals surface area contributed by atoms with Gasteiger partial charge in [-0.2, -0.15) is 0 Å². The summed E-state index contributed by atoms with van der Waals surface area (Å²) in [4.78, 5) is 59.4. The van der Waals surface area contributed by atoms with Gasteiger partial charge in [-0.25, -0.2) is 19.6 Å². The Kier molecular flexibility index (Phi) is 5.97. The smallest absolute Gasteiger partial charge is 0.338 e. The van der Waals surface area contributed by atoms with Crippen LogP contribution in [0.4, 0.5) is 5.69 Å². The number of aryl methyl sites for hydroxylation is 1. The monoisotopic (exact) mass is 466 g/mol. The fourth-order valence-electron chi connectivity index (χ4n) is 3.36. The van der Waals surface area contributed by atoms with Gasteiger partial charge in [-0.3, -0.25) is 9.59 Å². The number of anilines is 1. The van der Waals surface area contributed by atoms with Crippen molar-refractivity contribution in [2.75, 3.05) is 12.4 Å². The van der Waals surface area contributed by atoms with Crippen LogP contribution in [0.1, 0.15) is 28.5 Å². The van der Waals surface area contributed by atoms with Crippen LogP contribution in [0.2, 0.25) is 0 Å². The molecule has 0 saturated heterocycles. The highest BCUT2D eigenvalue weighted by Crippen LogP contribution is 2.27. The van der Waals surface area contributed by atoms with Crippen molar-refractivity contribution in [3.63, 3.8) is 0 Å². The molecule has 1 aromatic carbocycles. The second kappa shape index (κ2) is 8.87. The van der Waals surface area contributed by atoms with Crippen molar-refractivity contribution < 1.29 is 18.7 Å². The number of amides is 1. The molecule has 33 heavy (non-hydrogen) atoms. The average Bonchev–Trinajstić information content (AvgIpc) is 2.75. The number of ether oxygens (including phenoxy) is 1. The Bertz CT molecular complexity index is 1540. The van der Waals surface area contributed by atoms with Crippen LogP contribution in [-0.4, -0.2) is 33.9 Å². The van der Waals surface area contributed by atoms with E-state index < -0.39 is 17.2 Å². The highest BCUT2D eigenvalue weighted by Gasteiger charge is 2.18. The molecule has 0 bridgehead atoms. The molecule has 4 rings (SSSR count). The van der Waals surface area contributed by atoms with Crippen molar-refractivity contribution >= 4 is 51.3 Å². The largest absolute Gasteiger partial charge is 0.465 e. The van der Waals surface area contributed by atoms with Crippen molar-refractivity contribution in [1.29, 1.82) is 0 Å². The van der Waals surface area contributed by atoms with E-state index in [4.69, 9.17) is 9.15 Å². The van der Waals surface area contributed by atoms with E-state index in [0.29, 0.717) is 33.7 Å². The molecular weight excluding hydrogens is 448 g/mol. The predicted molar refractivity (Wildman–Crippen MR) is 123 cm³/mol. The van der Waals surface area contributed by atoms with Crippen LogP contribution in [-0.2, 0) is 15.3 Å². The van der Waals surface area contributed by atoms with Gasteiger partial charge in [0.1, 0.15) is 5.58 Å². The van der Waals surface area contributed by atoms with Gasteiger partial charge in [0, 0.05) is 41.6 Å². The predicted octanol–water partition coefficient (Wildman–Crippen LogP) is 2.77. The lowest BCUT2D eigenvalue weighted by Gasteiger charge is -2.09. The molecule has 2 N–H and O–H groups in total. The minimum Gasteiger partial charge on any atom is -0.465 e. The number of aromatic amines is 1. The normalized spacial score (nSPS) is 11.0. The molecule has 0 radical (unpaired) electrons. The molecule has 10 nitrogen and oxygen atoms in total. The Balaban J connectivity index is 1.70. The van der Waals surface area contributed by atoms with Gasteiger partial charge in [0.05, 0.1) is 18.1 Å². The number of hydrogen-bond donors (Lipinski definition) is 2. The lowest BCUT2D eigenvalue weighted by molar-refractivity contribution is -0.114. The van der Waals surface area contributed by atoms with Gasteiger partial charge < -0.3 is 19.5 Å². The molecule has 0 saturated carbocycles. The van der Waals surface area contributed by atoms with E-state index in [-0.39, 0.29) is 27.7 Å². The minimum absolute atomic E-state index is 0.0492. The van der Waals surface area contributed by atoms with E-state index in [1.807, 2.05) is 0 Å². The molecular formula is C22H18N4O6S. The summed E-state index contributed by atoms with van der Waals surface area (Å²) in [6, 6.07) is 7.86. The molecule has 0 spiro atoms. The number of fused-ring (bicyclic) bond motifs is 2. The second-order valence-corrected chi connectivity index (χ2v) is 8.11. The topological polar surface area (TPSA) is 144 Å². The third-order valence-electron chi connectivity index (χ3n) is 4.70. The maximum Gasteiger partial charge on any atom is 0.338 e. The molecule has 3 aromatic heterocycles. The molecule has 0 fully saturated rings. The van der Waals surface area contributed by atoms with Gasteiger partial charge in [-0.1, -0.05) is 11.8 Å². The van der Waals surface area contributed by atoms with Crippen molar-refractivity contribution in [1.82, 2.24) is 15.0 Å². The van der Waals surface area contributed by atoms with Gasteiger partial charge >= 0.3 is 11.6 Å². The maximum atomic E-state index is 12.7. The van der Waals surface area contributed by atoms with E-state index in [2.05, 4.69) is 20.3 Å². The maximum absolute atomic E-state index is 12.7. The van der Waals surface area contributed by atoms with E-state index in [1.165, 1.54) is 37.9 Å². The van der Waals surface area contributed by atoms with Crippen LogP contribution < -0.4 is 16.5 Å². The molecule has 168 valence electrons. The van der Waals surface area contributed by atoms with E-state index in [9.17, 15) is 19.2 Å². The Morgan fingerprint density at radius 2 is 1.97 bits per heavy atom. The third-order valence-corrected chi connectivity index (χ3v) is 5.63. The number of methoxy groups -OCH3 is 1. The molecule has 0 atom stereocenters. The average molecular weight is 466 g/mol. The van der Waals surface area contributed by atoms with Crippen LogP contribution in [0, 0.1) is 6.92 Å². The van der Waals surface area contributed by atoms with Gasteiger partial charge in [-0.05, 0) is 30.7 Å². The number of nitrogens with one attached hydrogen (secondary N) is 2. The van der Waals surface area contributed by atoms with Crippen LogP contribution in [0.3, 0.4) is 0 Å². The van der Waals surface area contributed by atoms with Gasteiger partial charge in [0.2, 0.25) is 5.91 Å². The van der Waals surface area contributed by atoms with Crippen molar-refractivity contribution in [2.45, 2.75) is 24.8 Å². The molecule has 11 heteroatoms. The summed E-state index contributed by atoms with van der Waals surface area (Å²) in [5, 5.41) is 3.65. The summed E-state index contributed by atoms with van der Waals surface area (Å²) in [7, 11) is 1.23. The van der Waals surface area contributed by atoms with Crippen molar-refractivity contribution in [3.05, 3.63) is 67.9 Å². The Hall–Kier alpha value is -3.99. The highest BCUT2D eigenvalue weighted by atomic mass is 32.2. The van der Waals surface area contributed by atoms with Gasteiger partial charge in [-0.15, -0.1) is 0 Å². The summed E-state index contributed by atoms with van der Waals surface area (Å²) in [6.45, 7) is 3.07. The Morgan fingerprint density at radius 1 is 1.18 bits per heavy atom. The first kappa shape index (κ1) is 22.2. The van der Waals surface area contributed by atoms with Crippen LogP contribution in [0.25, 0.3) is 22.0 Å². The summed E-state index contributed by atoms with van der Waals surface area (Å²) >= 11 is 1.19. The standard InChI is InChI=1S/C22H18N4O6S/c1-10-6-15(21(30)31-3)18-19(23-10)25-22(26-20(18)29)33-9-12-7-17(28)32-16-8-13(24-11(2)27)4-5-14(12)16/h4-8H,9H2,1-3H3,(H,24,27)(H,23,25,26,29). The molecule has 1 amide bonds. The number of hydrogen-bond acceptors (Lipinski definition) is 9. The number of thioether (sulfide) groups is 1. The number of pyridine rings is 1. The molecule has 0 unspecified atom stereocenters. The van der Waals surface area contributed by atoms with Crippen LogP contribution in [0.5, 0.6) is 0 Å². The first-order valence-electron chi connectivity index (χ1n) is 9.72. The lowest BCUT2D eigenvalue weighted by atomic mass is 10.1. The molecule has 4 aromatic rings. The fraction of sp³-hybridized carbons (Fsp3) is 0.182. The lowest BCUT2D eigenvalue weighted by Crippen LogP contribution is -2.16. The molecule has 3 heterocycles. The number of rotatable bonds is 5. The van der Waals surface area contributed by atoms with Gasteiger partial charge in [0.25, 0.3) is 5.56 Å². The van der Waals surface area contributed by atoms with Crippen LogP contribution in [0.15, 0.2) is 49.5 Å². The zero-order valence-corrected chi connectivity index (χ0v) is 18.7. The number of esters is 1. The summed E-state index contributed by atoms with van der Waals surface area (Å²) in [5.41, 5.74) is 1.15. The molecule has 0 aliphatic heterocycles. The van der Waals surface area contributed by atoms with Crippen molar-refractivity contribution in [2.24, 2.45) is 0 Å². The number of aromatic nitrogens is 3. The number of benzene rings is 1. The summed E-state index contributed by atoms with van der Waals surface area (Å²) in [6.07, 6.45) is 0. The minimum atomic E-state index is -0.653. The number of nitrogens with zero attached hydrogens (tertiary/aromatic N) is 2. The van der Waals surface area contributed by atoms with E-state index in [0.717, 1.165) is 0 Å². The SMILES string of the molecule is COC(=O)c1cc(C)nc2nc(SCc3cc(=O)oc4cc(NC(C)=O)ccc34)[nH]c(=O)c12. The number of H-pyrrole nitrogens is 1. The third kappa shape index (κ3) is 4.62. The zero-order valence-electron chi connectivity index (χ0n) is 17.8. The summed E-state index contributed by atoms with van der Waals surface area (Å²) in [5.74, 6) is -0.598. The Labute approximate surface area is 190 Å². The summed E-state index contributed by atoms with van der Waals surface area (Å²) < 4.78 is 10.0. The van der Waals surface area contributed by atoms with Crippen LogP contribution >= 0.6 is 11.8 Å². The molecule has 0 aliphatic carbocycles. The Morgan fingerprint density at radius 3 is 2.70 bits per heavy atom. The number of carbonyl (C=O) groups is 2. The molecule has 0 aliphatic rings.